The van der Waals surface area contributed by atoms with Crippen molar-refractivity contribution in [3.63, 3.8) is 0 Å². The number of carbonyl (C=O) groups excluding carboxylic acids is 1. The smallest absolute Gasteiger partial charge is 0.270 e. The van der Waals surface area contributed by atoms with Gasteiger partial charge in [0.1, 0.15) is 11.5 Å². The van der Waals surface area contributed by atoms with Gasteiger partial charge in [-0.1, -0.05) is 12.1 Å². The number of carbonyl (C=O) groups is 1. The van der Waals surface area contributed by atoms with Crippen molar-refractivity contribution in [3.8, 4) is 0 Å². The third-order valence-electron chi connectivity index (χ3n) is 6.33. The minimum Gasteiger partial charge on any atom is -0.351 e. The molecule has 4 heterocycles. The molecule has 1 amide bonds. The van der Waals surface area contributed by atoms with E-state index in [1.165, 1.54) is 16.8 Å². The van der Waals surface area contributed by atoms with E-state index in [-0.39, 0.29) is 11.8 Å². The predicted molar refractivity (Wildman–Crippen MR) is 113 cm³/mol. The Kier molecular flexibility index (Phi) is 4.59. The molecule has 6 nitrogen and oxygen atoms in total. The number of likely N-dealkylation sites (N-methyl/N-ethyl adjacent to an activating group) is 1. The lowest BCUT2D eigenvalue weighted by molar-refractivity contribution is 0.0699. The number of aromatic amines is 1. The van der Waals surface area contributed by atoms with Crippen LogP contribution >= 0.6 is 0 Å². The van der Waals surface area contributed by atoms with Crippen LogP contribution in [0.1, 0.15) is 51.9 Å². The van der Waals surface area contributed by atoms with Crippen LogP contribution in [0.2, 0.25) is 0 Å². The van der Waals surface area contributed by atoms with Gasteiger partial charge in [-0.15, -0.1) is 0 Å². The van der Waals surface area contributed by atoms with Crippen LogP contribution in [0.3, 0.4) is 0 Å². The maximum absolute atomic E-state index is 13.2. The van der Waals surface area contributed by atoms with Gasteiger partial charge < -0.3 is 14.8 Å². The predicted octanol–water partition coefficient (Wildman–Crippen LogP) is 3.27. The van der Waals surface area contributed by atoms with E-state index in [0.717, 1.165) is 55.6 Å². The second-order valence-corrected chi connectivity index (χ2v) is 8.50. The van der Waals surface area contributed by atoms with Crippen LogP contribution in [0.25, 0.3) is 10.9 Å². The molecule has 2 aromatic heterocycles. The Hall–Kier alpha value is -2.73. The number of nitrogens with one attached hydrogen (secondary N) is 1. The Labute approximate surface area is 171 Å². The third kappa shape index (κ3) is 3.42. The highest BCUT2D eigenvalue weighted by Gasteiger charge is 2.29. The maximum Gasteiger partial charge on any atom is 0.270 e. The summed E-state index contributed by atoms with van der Waals surface area (Å²) in [6, 6.07) is 8.11. The van der Waals surface area contributed by atoms with Gasteiger partial charge in [0.2, 0.25) is 0 Å². The summed E-state index contributed by atoms with van der Waals surface area (Å²) in [6.45, 7) is 5.51. The highest BCUT2D eigenvalue weighted by molar-refractivity contribution is 5.98. The molecule has 5 rings (SSSR count). The zero-order valence-corrected chi connectivity index (χ0v) is 17.1. The molecule has 0 aliphatic carbocycles. The number of nitrogens with zero attached hydrogens (tertiary/aromatic N) is 4. The fraction of sp³-hybridized carbons (Fsp3) is 0.435. The summed E-state index contributed by atoms with van der Waals surface area (Å²) in [5.41, 5.74) is 5.29. The van der Waals surface area contributed by atoms with Crippen LogP contribution < -0.4 is 0 Å². The summed E-state index contributed by atoms with van der Waals surface area (Å²) in [5, 5.41) is 1.12. The molecule has 3 aromatic rings. The Bertz CT molecular complexity index is 1070. The molecule has 150 valence electrons. The molecule has 0 bridgehead atoms. The summed E-state index contributed by atoms with van der Waals surface area (Å²) in [7, 11) is 2.13. The van der Waals surface area contributed by atoms with Gasteiger partial charge in [0.25, 0.3) is 5.91 Å². The number of likely N-dealkylation sites (tertiary alicyclic amines) is 1. The van der Waals surface area contributed by atoms with Crippen molar-refractivity contribution >= 4 is 16.8 Å². The number of aromatic nitrogens is 3. The number of benzene rings is 1. The van der Waals surface area contributed by atoms with Crippen molar-refractivity contribution in [1.29, 1.82) is 0 Å². The lowest BCUT2D eigenvalue weighted by Gasteiger charge is -2.32. The van der Waals surface area contributed by atoms with Gasteiger partial charge in [-0.05, 0) is 44.5 Å². The third-order valence-corrected chi connectivity index (χ3v) is 6.33. The number of H-pyrrole nitrogens is 1. The van der Waals surface area contributed by atoms with Crippen LogP contribution in [0, 0.1) is 6.92 Å². The van der Waals surface area contributed by atoms with Gasteiger partial charge in [-0.25, -0.2) is 9.97 Å². The number of amides is 1. The van der Waals surface area contributed by atoms with E-state index in [0.29, 0.717) is 12.2 Å². The molecule has 1 saturated heterocycles. The molecule has 0 unspecified atom stereocenters. The molecule has 0 saturated carbocycles. The summed E-state index contributed by atoms with van der Waals surface area (Å²) in [5.74, 6) is 1.19. The topological polar surface area (TPSA) is 65.1 Å². The molecule has 1 aromatic carbocycles. The number of rotatable bonds is 2. The van der Waals surface area contributed by atoms with Crippen LogP contribution in [-0.2, 0) is 13.0 Å². The summed E-state index contributed by atoms with van der Waals surface area (Å²) >= 11 is 0. The summed E-state index contributed by atoms with van der Waals surface area (Å²) in [6.07, 6.45) is 4.99. The first-order chi connectivity index (χ1) is 14.1. The maximum atomic E-state index is 13.2. The van der Waals surface area contributed by atoms with Crippen molar-refractivity contribution < 1.29 is 4.79 Å². The van der Waals surface area contributed by atoms with Gasteiger partial charge in [0, 0.05) is 66.9 Å². The van der Waals surface area contributed by atoms with Crippen molar-refractivity contribution in [2.45, 2.75) is 38.6 Å². The largest absolute Gasteiger partial charge is 0.351 e. The molecular weight excluding hydrogens is 362 g/mol. The zero-order valence-electron chi connectivity index (χ0n) is 17.1. The molecule has 2 aliphatic rings. The van der Waals surface area contributed by atoms with E-state index in [9.17, 15) is 4.79 Å². The van der Waals surface area contributed by atoms with Crippen LogP contribution in [-0.4, -0.2) is 57.3 Å². The standard InChI is InChI=1S/C23H27N5O/c1-15-5-3-7-20-18(15)11-21(25-20)23(29)28-9-4-6-16(14-28)22-24-12-17-13-27(2)10-8-19(17)26-22/h3,5,7,11-12,16,25H,4,6,8-10,13-14H2,1-2H3/t16-/m1/s1. The number of hydrogen-bond donors (Lipinski definition) is 1. The Balaban J connectivity index is 1.36. The Morgan fingerprint density at radius 1 is 1.28 bits per heavy atom. The number of piperidine rings is 1. The molecule has 0 spiro atoms. The lowest BCUT2D eigenvalue weighted by Crippen LogP contribution is -2.40. The molecule has 1 atom stereocenters. The van der Waals surface area contributed by atoms with Gasteiger partial charge in [-0.2, -0.15) is 0 Å². The van der Waals surface area contributed by atoms with Crippen LogP contribution in [0.4, 0.5) is 0 Å². The lowest BCUT2D eigenvalue weighted by atomic mass is 9.96. The molecule has 1 N–H and O–H groups in total. The molecule has 29 heavy (non-hydrogen) atoms. The molecule has 2 aliphatic heterocycles. The van der Waals surface area contributed by atoms with E-state index in [4.69, 9.17) is 4.98 Å². The van der Waals surface area contributed by atoms with E-state index < -0.39 is 0 Å². The average molecular weight is 390 g/mol. The second-order valence-electron chi connectivity index (χ2n) is 8.50. The molecular formula is C23H27N5O. The Morgan fingerprint density at radius 3 is 3.03 bits per heavy atom. The van der Waals surface area contributed by atoms with Gasteiger partial charge in [0.15, 0.2) is 0 Å². The fourth-order valence-electron chi connectivity index (χ4n) is 4.63. The first-order valence-electron chi connectivity index (χ1n) is 10.5. The monoisotopic (exact) mass is 389 g/mol. The van der Waals surface area contributed by atoms with Crippen molar-refractivity contribution in [2.24, 2.45) is 0 Å². The van der Waals surface area contributed by atoms with Gasteiger partial charge in [0.05, 0.1) is 0 Å². The van der Waals surface area contributed by atoms with E-state index in [1.807, 2.05) is 29.3 Å². The van der Waals surface area contributed by atoms with Crippen molar-refractivity contribution in [2.75, 3.05) is 26.7 Å². The average Bonchev–Trinajstić information content (AvgIpc) is 3.19. The van der Waals surface area contributed by atoms with E-state index in [1.54, 1.807) is 0 Å². The molecule has 0 radical (unpaired) electrons. The van der Waals surface area contributed by atoms with Crippen molar-refractivity contribution in [3.05, 3.63) is 58.8 Å². The number of hydrogen-bond acceptors (Lipinski definition) is 4. The molecule has 1 fully saturated rings. The van der Waals surface area contributed by atoms with Gasteiger partial charge >= 0.3 is 0 Å². The van der Waals surface area contributed by atoms with Crippen LogP contribution in [0.15, 0.2) is 30.5 Å². The summed E-state index contributed by atoms with van der Waals surface area (Å²) < 4.78 is 0. The summed E-state index contributed by atoms with van der Waals surface area (Å²) in [4.78, 5) is 30.3. The normalized spacial score (nSPS) is 20.1. The fourth-order valence-corrected chi connectivity index (χ4v) is 4.63. The van der Waals surface area contributed by atoms with Crippen LogP contribution in [0.5, 0.6) is 0 Å². The quantitative estimate of drug-likeness (QED) is 0.731. The minimum atomic E-state index is 0.0740. The zero-order chi connectivity index (χ0) is 20.0. The van der Waals surface area contributed by atoms with E-state index in [2.05, 4.69) is 34.9 Å². The van der Waals surface area contributed by atoms with Crippen molar-refractivity contribution in [1.82, 2.24) is 24.8 Å². The number of aryl methyl sites for hydroxylation is 1. The highest BCUT2D eigenvalue weighted by Crippen LogP contribution is 2.28. The first-order valence-corrected chi connectivity index (χ1v) is 10.5. The highest BCUT2D eigenvalue weighted by atomic mass is 16.2. The SMILES string of the molecule is Cc1cccc2[nH]c(C(=O)N3CCC[C@@H](c4ncc5c(n4)CCN(C)C5)C3)cc12. The minimum absolute atomic E-state index is 0.0740. The Morgan fingerprint density at radius 2 is 2.17 bits per heavy atom. The van der Waals surface area contributed by atoms with E-state index >= 15 is 0 Å². The van der Waals surface area contributed by atoms with Gasteiger partial charge in [-0.3, -0.25) is 4.79 Å². The second kappa shape index (κ2) is 7.26. The number of fused-ring (bicyclic) bond motifs is 2. The molecule has 6 heteroatoms. The first kappa shape index (κ1) is 18.3.